The van der Waals surface area contributed by atoms with Crippen molar-refractivity contribution in [3.05, 3.63) is 101 Å². The van der Waals surface area contributed by atoms with Crippen LogP contribution in [0.25, 0.3) is 0 Å². The predicted molar refractivity (Wildman–Crippen MR) is 123 cm³/mol. The Hall–Kier alpha value is -1.91. The minimum absolute atomic E-state index is 0. The van der Waals surface area contributed by atoms with Gasteiger partial charge in [-0.2, -0.15) is 0 Å². The number of ether oxygens (including phenoxy) is 1. The van der Waals surface area contributed by atoms with Crippen molar-refractivity contribution in [2.75, 3.05) is 13.2 Å². The number of pyridine rings is 1. The van der Waals surface area contributed by atoms with E-state index >= 15 is 0 Å². The molecule has 154 valence electrons. The standard InChI is InChI=1S/C24H26N2O.2ClH/c1-2-9-20(10-3-1)17-25-15-8-14-24(23-13-6-7-16-26-23)19-27-18-21-11-4-5-12-22(21)24;;/h1-7,9-13,16,25H,8,14-15,17-19H2;2*1H. The summed E-state index contributed by atoms with van der Waals surface area (Å²) >= 11 is 0. The quantitative estimate of drug-likeness (QED) is 0.515. The van der Waals surface area contributed by atoms with Gasteiger partial charge in [0.05, 0.1) is 24.3 Å². The molecular weight excluding hydrogens is 403 g/mol. The Balaban J connectivity index is 0.00000150. The number of hydrogen-bond acceptors (Lipinski definition) is 3. The van der Waals surface area contributed by atoms with Crippen LogP contribution in [0.15, 0.2) is 79.0 Å². The SMILES string of the molecule is Cl.Cl.c1ccc(CNCCCC2(c3ccccn3)COCc3ccccc32)cc1. The topological polar surface area (TPSA) is 34.2 Å². The van der Waals surface area contributed by atoms with Gasteiger partial charge >= 0.3 is 0 Å². The van der Waals surface area contributed by atoms with Gasteiger partial charge in [-0.3, -0.25) is 4.98 Å². The second kappa shape index (κ2) is 11.3. The van der Waals surface area contributed by atoms with Crippen LogP contribution in [-0.2, 0) is 23.3 Å². The molecule has 0 radical (unpaired) electrons. The lowest BCUT2D eigenvalue weighted by Gasteiger charge is -2.39. The maximum atomic E-state index is 6.03. The lowest BCUT2D eigenvalue weighted by Crippen LogP contribution is -2.39. The lowest BCUT2D eigenvalue weighted by atomic mass is 9.71. The molecule has 1 aliphatic heterocycles. The van der Waals surface area contributed by atoms with E-state index in [9.17, 15) is 0 Å². The molecule has 4 rings (SSSR count). The third-order valence-electron chi connectivity index (χ3n) is 5.42. The van der Waals surface area contributed by atoms with Crippen molar-refractivity contribution < 1.29 is 4.74 Å². The summed E-state index contributed by atoms with van der Waals surface area (Å²) in [6.07, 6.45) is 3.98. The molecular formula is C24H28Cl2N2O. The second-order valence-electron chi connectivity index (χ2n) is 7.21. The van der Waals surface area contributed by atoms with Gasteiger partial charge in [-0.15, -0.1) is 24.8 Å². The van der Waals surface area contributed by atoms with Crippen molar-refractivity contribution in [1.29, 1.82) is 0 Å². The summed E-state index contributed by atoms with van der Waals surface area (Å²) < 4.78 is 6.03. The zero-order valence-electron chi connectivity index (χ0n) is 16.4. The van der Waals surface area contributed by atoms with E-state index in [1.165, 1.54) is 16.7 Å². The van der Waals surface area contributed by atoms with Gasteiger partial charge in [0.15, 0.2) is 0 Å². The molecule has 0 saturated heterocycles. The summed E-state index contributed by atoms with van der Waals surface area (Å²) in [6.45, 7) is 3.27. The molecule has 1 aromatic heterocycles. The molecule has 0 spiro atoms. The number of hydrogen-bond donors (Lipinski definition) is 1. The Morgan fingerprint density at radius 1 is 0.897 bits per heavy atom. The van der Waals surface area contributed by atoms with E-state index in [-0.39, 0.29) is 30.2 Å². The number of fused-ring (bicyclic) bond motifs is 1. The number of aromatic nitrogens is 1. The molecule has 29 heavy (non-hydrogen) atoms. The Bertz CT molecular complexity index is 861. The van der Waals surface area contributed by atoms with Crippen molar-refractivity contribution in [3.63, 3.8) is 0 Å². The third-order valence-corrected chi connectivity index (χ3v) is 5.42. The van der Waals surface area contributed by atoms with Crippen LogP contribution in [0.2, 0.25) is 0 Å². The highest BCUT2D eigenvalue weighted by atomic mass is 35.5. The monoisotopic (exact) mass is 430 g/mol. The van der Waals surface area contributed by atoms with Gasteiger partial charge in [0.1, 0.15) is 0 Å². The first-order valence-corrected chi connectivity index (χ1v) is 9.71. The molecule has 1 atom stereocenters. The van der Waals surface area contributed by atoms with E-state index in [1.807, 2.05) is 12.3 Å². The highest BCUT2D eigenvalue weighted by Crippen LogP contribution is 2.41. The van der Waals surface area contributed by atoms with Gasteiger partial charge in [-0.25, -0.2) is 0 Å². The molecule has 1 aliphatic rings. The molecule has 1 N–H and O–H groups in total. The number of nitrogens with zero attached hydrogens (tertiary/aromatic N) is 1. The third kappa shape index (κ3) is 5.37. The van der Waals surface area contributed by atoms with E-state index in [2.05, 4.69) is 72.0 Å². The fourth-order valence-electron chi connectivity index (χ4n) is 4.06. The number of halogens is 2. The van der Waals surface area contributed by atoms with Crippen molar-refractivity contribution in [2.24, 2.45) is 0 Å². The van der Waals surface area contributed by atoms with Crippen molar-refractivity contribution in [1.82, 2.24) is 10.3 Å². The van der Waals surface area contributed by atoms with Gasteiger partial charge in [-0.1, -0.05) is 60.7 Å². The first-order chi connectivity index (χ1) is 13.4. The van der Waals surface area contributed by atoms with E-state index in [0.717, 1.165) is 31.6 Å². The summed E-state index contributed by atoms with van der Waals surface area (Å²) in [5.41, 5.74) is 4.93. The van der Waals surface area contributed by atoms with Crippen LogP contribution < -0.4 is 5.32 Å². The van der Waals surface area contributed by atoms with Crippen LogP contribution in [-0.4, -0.2) is 18.1 Å². The number of rotatable bonds is 7. The zero-order valence-corrected chi connectivity index (χ0v) is 18.1. The maximum absolute atomic E-state index is 6.03. The van der Waals surface area contributed by atoms with E-state index in [0.29, 0.717) is 13.2 Å². The largest absolute Gasteiger partial charge is 0.375 e. The second-order valence-corrected chi connectivity index (χ2v) is 7.21. The van der Waals surface area contributed by atoms with Gasteiger partial charge in [0, 0.05) is 12.7 Å². The molecule has 3 nitrogen and oxygen atoms in total. The average molecular weight is 431 g/mol. The van der Waals surface area contributed by atoms with E-state index in [4.69, 9.17) is 9.72 Å². The summed E-state index contributed by atoms with van der Waals surface area (Å²) in [5.74, 6) is 0. The van der Waals surface area contributed by atoms with Crippen molar-refractivity contribution in [2.45, 2.75) is 31.4 Å². The van der Waals surface area contributed by atoms with Gasteiger partial charge in [0.2, 0.25) is 0 Å². The molecule has 1 unspecified atom stereocenters. The highest BCUT2D eigenvalue weighted by Gasteiger charge is 2.39. The Morgan fingerprint density at radius 2 is 1.66 bits per heavy atom. The van der Waals surface area contributed by atoms with E-state index < -0.39 is 0 Å². The van der Waals surface area contributed by atoms with Gasteiger partial charge in [-0.05, 0) is 48.2 Å². The van der Waals surface area contributed by atoms with Crippen LogP contribution in [0, 0.1) is 0 Å². The Labute approximate surface area is 185 Å². The molecule has 0 bridgehead atoms. The Kier molecular flexibility index (Phi) is 9.12. The molecule has 0 fully saturated rings. The molecule has 2 aromatic carbocycles. The Morgan fingerprint density at radius 3 is 2.45 bits per heavy atom. The predicted octanol–water partition coefficient (Wildman–Crippen LogP) is 5.31. The fourth-order valence-corrected chi connectivity index (χ4v) is 4.06. The van der Waals surface area contributed by atoms with Crippen LogP contribution in [0.5, 0.6) is 0 Å². The number of benzene rings is 2. The summed E-state index contributed by atoms with van der Waals surface area (Å²) in [4.78, 5) is 4.72. The molecule has 3 aromatic rings. The van der Waals surface area contributed by atoms with Crippen LogP contribution in [0.1, 0.15) is 35.2 Å². The minimum atomic E-state index is -0.162. The fraction of sp³-hybridized carbons (Fsp3) is 0.292. The molecule has 5 heteroatoms. The van der Waals surface area contributed by atoms with Crippen LogP contribution in [0.4, 0.5) is 0 Å². The van der Waals surface area contributed by atoms with E-state index in [1.54, 1.807) is 0 Å². The summed E-state index contributed by atoms with van der Waals surface area (Å²) in [6, 6.07) is 25.4. The molecule has 0 aliphatic carbocycles. The number of nitrogens with one attached hydrogen (secondary N) is 1. The molecule has 2 heterocycles. The smallest absolute Gasteiger partial charge is 0.0720 e. The van der Waals surface area contributed by atoms with Crippen molar-refractivity contribution in [3.8, 4) is 0 Å². The minimum Gasteiger partial charge on any atom is -0.375 e. The first-order valence-electron chi connectivity index (χ1n) is 9.71. The maximum Gasteiger partial charge on any atom is 0.0720 e. The van der Waals surface area contributed by atoms with Crippen molar-refractivity contribution >= 4 is 24.8 Å². The zero-order chi connectivity index (χ0) is 18.4. The molecule has 0 saturated carbocycles. The lowest BCUT2D eigenvalue weighted by molar-refractivity contribution is 0.0598. The normalized spacial score (nSPS) is 17.5. The first kappa shape index (κ1) is 23.4. The van der Waals surface area contributed by atoms with Gasteiger partial charge < -0.3 is 10.1 Å². The summed E-state index contributed by atoms with van der Waals surface area (Å²) in [7, 11) is 0. The summed E-state index contributed by atoms with van der Waals surface area (Å²) in [5, 5.41) is 3.57. The molecule has 0 amide bonds. The highest BCUT2D eigenvalue weighted by molar-refractivity contribution is 5.85. The average Bonchev–Trinajstić information content (AvgIpc) is 2.75. The van der Waals surface area contributed by atoms with Gasteiger partial charge in [0.25, 0.3) is 0 Å². The van der Waals surface area contributed by atoms with Crippen LogP contribution >= 0.6 is 24.8 Å². The van der Waals surface area contributed by atoms with Crippen LogP contribution in [0.3, 0.4) is 0 Å².